The minimum absolute atomic E-state index is 0.00603. The Kier molecular flexibility index (Phi) is 5.16. The van der Waals surface area contributed by atoms with E-state index in [4.69, 9.17) is 4.74 Å². The van der Waals surface area contributed by atoms with Gasteiger partial charge in [-0.3, -0.25) is 4.79 Å². The summed E-state index contributed by atoms with van der Waals surface area (Å²) in [6.45, 7) is 10.7. The fourth-order valence-corrected chi connectivity index (χ4v) is 1.55. The minimum atomic E-state index is -0.113. The standard InChI is InChI=1S/C16H23NO2/c1-6-19-14-8-7-13(11-12(14)2)17-15(18)9-10-16(3,4)5/h7-11H,6H2,1-5H3,(H,17,18)/b10-9+. The Morgan fingerprint density at radius 2 is 2.05 bits per heavy atom. The Hall–Kier alpha value is -1.77. The van der Waals surface area contributed by atoms with Gasteiger partial charge in [-0.05, 0) is 49.1 Å². The number of nitrogens with one attached hydrogen (secondary N) is 1. The van der Waals surface area contributed by atoms with Crippen LogP contribution in [-0.2, 0) is 4.79 Å². The maximum Gasteiger partial charge on any atom is 0.248 e. The van der Waals surface area contributed by atoms with Crippen LogP contribution in [0.2, 0.25) is 0 Å². The fourth-order valence-electron chi connectivity index (χ4n) is 1.55. The van der Waals surface area contributed by atoms with E-state index in [1.807, 2.05) is 38.1 Å². The van der Waals surface area contributed by atoms with Crippen molar-refractivity contribution < 1.29 is 9.53 Å². The predicted octanol–water partition coefficient (Wildman–Crippen LogP) is 3.93. The van der Waals surface area contributed by atoms with Crippen molar-refractivity contribution in [3.8, 4) is 5.75 Å². The van der Waals surface area contributed by atoms with Gasteiger partial charge in [-0.15, -0.1) is 0 Å². The topological polar surface area (TPSA) is 38.3 Å². The van der Waals surface area contributed by atoms with Gasteiger partial charge in [0.2, 0.25) is 5.91 Å². The summed E-state index contributed by atoms with van der Waals surface area (Å²) in [6, 6.07) is 5.64. The van der Waals surface area contributed by atoms with Crippen molar-refractivity contribution in [1.29, 1.82) is 0 Å². The van der Waals surface area contributed by atoms with Gasteiger partial charge in [0.15, 0.2) is 0 Å². The van der Waals surface area contributed by atoms with E-state index in [0.717, 1.165) is 17.0 Å². The zero-order chi connectivity index (χ0) is 14.5. The molecule has 1 amide bonds. The van der Waals surface area contributed by atoms with Gasteiger partial charge in [-0.1, -0.05) is 26.8 Å². The molecule has 0 spiro atoms. The second-order valence-electron chi connectivity index (χ2n) is 5.60. The summed E-state index contributed by atoms with van der Waals surface area (Å²) < 4.78 is 5.46. The van der Waals surface area contributed by atoms with Crippen molar-refractivity contribution in [1.82, 2.24) is 0 Å². The molecule has 0 aliphatic heterocycles. The lowest BCUT2D eigenvalue weighted by Crippen LogP contribution is -2.10. The Morgan fingerprint density at radius 1 is 1.37 bits per heavy atom. The van der Waals surface area contributed by atoms with Gasteiger partial charge in [-0.25, -0.2) is 0 Å². The van der Waals surface area contributed by atoms with Gasteiger partial charge < -0.3 is 10.1 Å². The first-order valence-corrected chi connectivity index (χ1v) is 6.55. The molecule has 0 radical (unpaired) electrons. The van der Waals surface area contributed by atoms with Gasteiger partial charge in [0.25, 0.3) is 0 Å². The molecule has 0 bridgehead atoms. The van der Waals surface area contributed by atoms with Crippen LogP contribution in [0, 0.1) is 12.3 Å². The monoisotopic (exact) mass is 261 g/mol. The van der Waals surface area contributed by atoms with Gasteiger partial charge in [0.05, 0.1) is 6.61 Å². The summed E-state index contributed by atoms with van der Waals surface area (Å²) in [4.78, 5) is 11.8. The van der Waals surface area contributed by atoms with E-state index in [-0.39, 0.29) is 11.3 Å². The summed E-state index contributed by atoms with van der Waals surface area (Å²) in [6.07, 6.45) is 3.47. The summed E-state index contributed by atoms with van der Waals surface area (Å²) in [7, 11) is 0. The number of hydrogen-bond donors (Lipinski definition) is 1. The van der Waals surface area contributed by atoms with Crippen molar-refractivity contribution in [3.63, 3.8) is 0 Å². The number of allylic oxidation sites excluding steroid dienone is 1. The maximum atomic E-state index is 11.8. The molecule has 3 nitrogen and oxygen atoms in total. The number of carbonyl (C=O) groups is 1. The second kappa shape index (κ2) is 6.41. The van der Waals surface area contributed by atoms with E-state index in [1.165, 1.54) is 0 Å². The van der Waals surface area contributed by atoms with Crippen LogP contribution in [0.5, 0.6) is 5.75 Å². The third-order valence-corrected chi connectivity index (χ3v) is 2.48. The Labute approximate surface area is 115 Å². The first kappa shape index (κ1) is 15.3. The number of ether oxygens (including phenoxy) is 1. The molecule has 1 N–H and O–H groups in total. The molecule has 1 aromatic rings. The van der Waals surface area contributed by atoms with Crippen LogP contribution in [-0.4, -0.2) is 12.5 Å². The number of rotatable bonds is 4. The lowest BCUT2D eigenvalue weighted by atomic mass is 9.96. The third-order valence-electron chi connectivity index (χ3n) is 2.48. The summed E-state index contributed by atoms with van der Waals surface area (Å²) in [5.41, 5.74) is 1.80. The van der Waals surface area contributed by atoms with Gasteiger partial charge in [-0.2, -0.15) is 0 Å². The molecule has 0 fully saturated rings. The Balaban J connectivity index is 2.70. The van der Waals surface area contributed by atoms with Crippen LogP contribution in [0.4, 0.5) is 5.69 Å². The molecule has 3 heteroatoms. The first-order valence-electron chi connectivity index (χ1n) is 6.55. The van der Waals surface area contributed by atoms with Crippen molar-refractivity contribution >= 4 is 11.6 Å². The highest BCUT2D eigenvalue weighted by molar-refractivity contribution is 5.99. The average molecular weight is 261 g/mol. The Morgan fingerprint density at radius 3 is 2.58 bits per heavy atom. The van der Waals surface area contributed by atoms with Gasteiger partial charge in [0, 0.05) is 5.69 Å². The Bertz CT molecular complexity index is 470. The fraction of sp³-hybridized carbons (Fsp3) is 0.438. The molecule has 1 aromatic carbocycles. The highest BCUT2D eigenvalue weighted by Crippen LogP contribution is 2.22. The number of hydrogen-bond acceptors (Lipinski definition) is 2. The van der Waals surface area contributed by atoms with Crippen LogP contribution in [0.15, 0.2) is 30.4 Å². The van der Waals surface area contributed by atoms with E-state index in [9.17, 15) is 4.79 Å². The first-order chi connectivity index (χ1) is 8.81. The number of anilines is 1. The van der Waals surface area contributed by atoms with Crippen LogP contribution in [0.3, 0.4) is 0 Å². The predicted molar refractivity (Wildman–Crippen MR) is 79.6 cm³/mol. The highest BCUT2D eigenvalue weighted by atomic mass is 16.5. The van der Waals surface area contributed by atoms with Crippen LogP contribution >= 0.6 is 0 Å². The molecule has 1 rings (SSSR count). The zero-order valence-corrected chi connectivity index (χ0v) is 12.4. The highest BCUT2D eigenvalue weighted by Gasteiger charge is 2.06. The maximum absolute atomic E-state index is 11.8. The molecular formula is C16H23NO2. The molecule has 0 aromatic heterocycles. The zero-order valence-electron chi connectivity index (χ0n) is 12.4. The molecule has 0 saturated heterocycles. The molecule has 0 aliphatic carbocycles. The van der Waals surface area contributed by atoms with E-state index in [0.29, 0.717) is 6.61 Å². The number of carbonyl (C=O) groups excluding carboxylic acids is 1. The third kappa shape index (κ3) is 5.60. The van der Waals surface area contributed by atoms with Crippen molar-refractivity contribution in [3.05, 3.63) is 35.9 Å². The van der Waals surface area contributed by atoms with Gasteiger partial charge in [0.1, 0.15) is 5.75 Å². The van der Waals surface area contributed by atoms with E-state index < -0.39 is 0 Å². The molecule has 0 aliphatic rings. The lowest BCUT2D eigenvalue weighted by molar-refractivity contribution is -0.112. The normalized spacial score (nSPS) is 11.6. The molecule has 0 heterocycles. The molecule has 19 heavy (non-hydrogen) atoms. The van der Waals surface area contributed by atoms with Crippen molar-refractivity contribution in [2.45, 2.75) is 34.6 Å². The number of benzene rings is 1. The summed E-state index contributed by atoms with van der Waals surface area (Å²) >= 11 is 0. The lowest BCUT2D eigenvalue weighted by Gasteiger charge is -2.11. The van der Waals surface area contributed by atoms with Crippen LogP contribution in [0.25, 0.3) is 0 Å². The average Bonchev–Trinajstić information content (AvgIpc) is 2.29. The molecule has 0 atom stereocenters. The van der Waals surface area contributed by atoms with Crippen LogP contribution < -0.4 is 10.1 Å². The molecular weight excluding hydrogens is 238 g/mol. The SMILES string of the molecule is CCOc1ccc(NC(=O)/C=C/C(C)(C)C)cc1C. The van der Waals surface area contributed by atoms with Crippen molar-refractivity contribution in [2.75, 3.05) is 11.9 Å². The van der Waals surface area contributed by atoms with E-state index in [2.05, 4.69) is 26.1 Å². The molecule has 0 unspecified atom stereocenters. The van der Waals surface area contributed by atoms with E-state index in [1.54, 1.807) is 6.08 Å². The number of aryl methyl sites for hydroxylation is 1. The smallest absolute Gasteiger partial charge is 0.248 e. The van der Waals surface area contributed by atoms with Crippen molar-refractivity contribution in [2.24, 2.45) is 5.41 Å². The van der Waals surface area contributed by atoms with Gasteiger partial charge >= 0.3 is 0 Å². The molecule has 0 saturated carbocycles. The quantitative estimate of drug-likeness (QED) is 0.834. The van der Waals surface area contributed by atoms with E-state index >= 15 is 0 Å². The number of amides is 1. The van der Waals surface area contributed by atoms with Crippen LogP contribution in [0.1, 0.15) is 33.3 Å². The minimum Gasteiger partial charge on any atom is -0.494 e. The summed E-state index contributed by atoms with van der Waals surface area (Å²) in [5, 5.41) is 2.84. The second-order valence-corrected chi connectivity index (χ2v) is 5.60. The molecule has 104 valence electrons. The largest absolute Gasteiger partial charge is 0.494 e. The summed E-state index contributed by atoms with van der Waals surface area (Å²) in [5.74, 6) is 0.740.